The van der Waals surface area contributed by atoms with Gasteiger partial charge in [-0.25, -0.2) is 9.67 Å². The highest BCUT2D eigenvalue weighted by molar-refractivity contribution is 7.21. The number of para-hydroxylation sites is 1. The maximum Gasteiger partial charge on any atom is 0.273 e. The number of fused-ring (bicyclic) bond motifs is 1. The van der Waals surface area contributed by atoms with Gasteiger partial charge in [-0.05, 0) is 36.2 Å². The van der Waals surface area contributed by atoms with Gasteiger partial charge < -0.3 is 11.1 Å². The first-order valence-corrected chi connectivity index (χ1v) is 12.8. The zero-order valence-electron chi connectivity index (χ0n) is 20.4. The first kappa shape index (κ1) is 23.4. The van der Waals surface area contributed by atoms with Crippen LogP contribution in [0.25, 0.3) is 38.3 Å². The number of aromatic nitrogens is 3. The van der Waals surface area contributed by atoms with Crippen molar-refractivity contribution >= 4 is 39.0 Å². The monoisotopic (exact) mass is 517 g/mol. The van der Waals surface area contributed by atoms with E-state index in [0.29, 0.717) is 21.1 Å². The van der Waals surface area contributed by atoms with Crippen LogP contribution in [0.15, 0.2) is 102 Å². The molecule has 8 heteroatoms. The van der Waals surface area contributed by atoms with E-state index in [2.05, 4.69) is 10.4 Å². The highest BCUT2D eigenvalue weighted by atomic mass is 32.1. The lowest BCUT2D eigenvalue weighted by atomic mass is 9.99. The van der Waals surface area contributed by atoms with E-state index < -0.39 is 5.91 Å². The van der Waals surface area contributed by atoms with E-state index >= 15 is 0 Å². The third-order valence-electron chi connectivity index (χ3n) is 6.32. The summed E-state index contributed by atoms with van der Waals surface area (Å²) in [5, 5.41) is 6.47. The summed E-state index contributed by atoms with van der Waals surface area (Å²) in [6, 6.07) is 30.6. The summed E-state index contributed by atoms with van der Waals surface area (Å²) in [7, 11) is 0. The molecule has 4 N–H and O–H groups in total. The highest BCUT2D eigenvalue weighted by Crippen LogP contribution is 2.41. The maximum absolute atomic E-state index is 13.4. The Morgan fingerprint density at radius 3 is 2.32 bits per heavy atom. The third kappa shape index (κ3) is 4.27. The number of nitrogen functional groups attached to an aromatic ring is 1. The lowest BCUT2D eigenvalue weighted by molar-refractivity contribution is 0.103. The number of thiophene rings is 1. The molecule has 0 fully saturated rings. The van der Waals surface area contributed by atoms with E-state index in [1.807, 2.05) is 85.8 Å². The molecule has 6 aromatic rings. The number of pyridine rings is 1. The second kappa shape index (κ2) is 9.49. The van der Waals surface area contributed by atoms with Gasteiger partial charge in [0.2, 0.25) is 0 Å². The summed E-state index contributed by atoms with van der Waals surface area (Å²) in [6.07, 6.45) is 0. The van der Waals surface area contributed by atoms with Crippen LogP contribution in [-0.2, 0) is 0 Å². The number of nitrogens with one attached hydrogen (secondary N) is 2. The van der Waals surface area contributed by atoms with Gasteiger partial charge in [0.05, 0.1) is 17.1 Å². The molecule has 0 spiro atoms. The third-order valence-corrected chi connectivity index (χ3v) is 7.42. The lowest BCUT2D eigenvalue weighted by Gasteiger charge is -2.09. The van der Waals surface area contributed by atoms with Crippen molar-refractivity contribution in [1.29, 1.82) is 0 Å². The predicted octanol–water partition coefficient (Wildman–Crippen LogP) is 6.25. The molecule has 38 heavy (non-hydrogen) atoms. The van der Waals surface area contributed by atoms with Gasteiger partial charge >= 0.3 is 0 Å². The molecule has 0 saturated carbocycles. The van der Waals surface area contributed by atoms with Crippen LogP contribution in [0.2, 0.25) is 0 Å². The summed E-state index contributed by atoms with van der Waals surface area (Å²) < 4.78 is 1.37. The van der Waals surface area contributed by atoms with Gasteiger partial charge in [0.1, 0.15) is 15.5 Å². The quantitative estimate of drug-likeness (QED) is 0.251. The standard InChI is InChI=1S/C30H23N5O2S/c1-18-12-14-19(15-13-18)22-16-23(20-8-4-2-5-9-20)32-30-26(22)27(31)28(38-30)29(37)33-24-17-25(36)35(34-24)21-10-6-3-7-11-21/h2-17,34H,31H2,1H3,(H,33,37). The molecular formula is C30H23N5O2S. The molecule has 0 atom stereocenters. The average Bonchev–Trinajstić information content (AvgIpc) is 3.48. The van der Waals surface area contributed by atoms with E-state index in [1.165, 1.54) is 22.1 Å². The van der Waals surface area contributed by atoms with Crippen molar-refractivity contribution in [3.8, 4) is 28.1 Å². The number of hydrogen-bond donors (Lipinski definition) is 3. The van der Waals surface area contributed by atoms with Gasteiger partial charge in [0.15, 0.2) is 0 Å². The van der Waals surface area contributed by atoms with Gasteiger partial charge in [-0.15, -0.1) is 11.3 Å². The Morgan fingerprint density at radius 1 is 0.921 bits per heavy atom. The summed E-state index contributed by atoms with van der Waals surface area (Å²) in [6.45, 7) is 2.04. The Bertz CT molecular complexity index is 1840. The number of carbonyl (C=O) groups excluding carboxylic acids is 1. The Labute approximate surface area is 222 Å². The lowest BCUT2D eigenvalue weighted by Crippen LogP contribution is -2.13. The molecule has 3 aromatic heterocycles. The first-order chi connectivity index (χ1) is 18.5. The maximum atomic E-state index is 13.4. The molecule has 3 aromatic carbocycles. The van der Waals surface area contributed by atoms with E-state index in [1.54, 1.807) is 12.1 Å². The summed E-state index contributed by atoms with van der Waals surface area (Å²) in [5.74, 6) is -0.138. The largest absolute Gasteiger partial charge is 0.397 e. The normalized spacial score (nSPS) is 11.1. The van der Waals surface area contributed by atoms with Gasteiger partial charge in [-0.1, -0.05) is 78.4 Å². The SMILES string of the molecule is Cc1ccc(-c2cc(-c3ccccc3)nc3sc(C(=O)Nc4cc(=O)n(-c5ccccc5)[nH]4)c(N)c23)cc1. The number of nitrogens with two attached hydrogens (primary N) is 1. The van der Waals surface area contributed by atoms with Crippen LogP contribution in [-0.4, -0.2) is 20.7 Å². The number of rotatable bonds is 5. The number of hydrogen-bond acceptors (Lipinski definition) is 5. The number of aromatic amines is 1. The minimum atomic E-state index is -0.414. The van der Waals surface area contributed by atoms with Gasteiger partial charge in [0.25, 0.3) is 11.5 Å². The van der Waals surface area contributed by atoms with Crippen molar-refractivity contribution in [2.24, 2.45) is 0 Å². The smallest absolute Gasteiger partial charge is 0.273 e. The van der Waals surface area contributed by atoms with Crippen LogP contribution >= 0.6 is 11.3 Å². The van der Waals surface area contributed by atoms with Crippen molar-refractivity contribution in [3.05, 3.63) is 118 Å². The molecule has 0 radical (unpaired) electrons. The number of nitrogens with zero attached hydrogens (tertiary/aromatic N) is 2. The second-order valence-corrected chi connectivity index (χ2v) is 9.94. The van der Waals surface area contributed by atoms with Crippen molar-refractivity contribution < 1.29 is 4.79 Å². The molecule has 0 saturated heterocycles. The van der Waals surface area contributed by atoms with Gasteiger partial charge in [0, 0.05) is 17.0 Å². The Kier molecular flexibility index (Phi) is 5.86. The minimum absolute atomic E-state index is 0.275. The second-order valence-electron chi connectivity index (χ2n) is 8.95. The summed E-state index contributed by atoms with van der Waals surface area (Å²) >= 11 is 1.23. The fourth-order valence-electron chi connectivity index (χ4n) is 4.42. The van der Waals surface area contributed by atoms with E-state index in [0.717, 1.165) is 33.3 Å². The van der Waals surface area contributed by atoms with Crippen molar-refractivity contribution in [2.45, 2.75) is 6.92 Å². The number of benzene rings is 3. The van der Waals surface area contributed by atoms with Gasteiger partial charge in [-0.2, -0.15) is 0 Å². The van der Waals surface area contributed by atoms with Crippen LogP contribution in [0.5, 0.6) is 0 Å². The molecule has 0 aliphatic rings. The van der Waals surface area contributed by atoms with E-state index in [4.69, 9.17) is 10.7 Å². The fraction of sp³-hybridized carbons (Fsp3) is 0.0333. The molecule has 186 valence electrons. The number of amides is 1. The van der Waals surface area contributed by atoms with Crippen LogP contribution in [0.3, 0.4) is 0 Å². The minimum Gasteiger partial charge on any atom is -0.397 e. The Hall–Kier alpha value is -4.95. The molecule has 3 heterocycles. The van der Waals surface area contributed by atoms with Crippen LogP contribution in [0.1, 0.15) is 15.2 Å². The number of aryl methyl sites for hydroxylation is 1. The fourth-order valence-corrected chi connectivity index (χ4v) is 5.43. The molecule has 0 bridgehead atoms. The van der Waals surface area contributed by atoms with Crippen molar-refractivity contribution in [3.63, 3.8) is 0 Å². The number of H-pyrrole nitrogens is 1. The van der Waals surface area contributed by atoms with Crippen LogP contribution < -0.4 is 16.6 Å². The molecular weight excluding hydrogens is 494 g/mol. The van der Waals surface area contributed by atoms with Gasteiger partial charge in [-0.3, -0.25) is 14.7 Å². The topological polar surface area (TPSA) is 106 Å². The van der Waals surface area contributed by atoms with Crippen LogP contribution in [0, 0.1) is 6.92 Å². The zero-order chi connectivity index (χ0) is 26.2. The van der Waals surface area contributed by atoms with Crippen molar-refractivity contribution in [2.75, 3.05) is 11.1 Å². The van der Waals surface area contributed by atoms with E-state index in [-0.39, 0.29) is 11.4 Å². The predicted molar refractivity (Wildman–Crippen MR) is 154 cm³/mol. The average molecular weight is 518 g/mol. The zero-order valence-corrected chi connectivity index (χ0v) is 21.3. The summed E-state index contributed by atoms with van der Waals surface area (Å²) in [4.78, 5) is 31.8. The number of anilines is 2. The first-order valence-electron chi connectivity index (χ1n) is 12.0. The summed E-state index contributed by atoms with van der Waals surface area (Å²) in [5.41, 5.74) is 12.2. The Morgan fingerprint density at radius 2 is 1.61 bits per heavy atom. The molecule has 7 nitrogen and oxygen atoms in total. The molecule has 6 rings (SSSR count). The molecule has 1 amide bonds. The molecule has 0 aliphatic carbocycles. The Balaban J connectivity index is 1.43. The molecule has 0 unspecified atom stereocenters. The number of carbonyl (C=O) groups is 1. The van der Waals surface area contributed by atoms with Crippen molar-refractivity contribution in [1.82, 2.24) is 14.8 Å². The van der Waals surface area contributed by atoms with E-state index in [9.17, 15) is 9.59 Å². The highest BCUT2D eigenvalue weighted by Gasteiger charge is 2.22. The van der Waals surface area contributed by atoms with Crippen LogP contribution in [0.4, 0.5) is 11.5 Å². The molecule has 0 aliphatic heterocycles.